The van der Waals surface area contributed by atoms with E-state index in [2.05, 4.69) is 17.0 Å². The molecular weight excluding hydrogens is 290 g/mol. The fraction of sp³-hybridized carbons (Fsp3) is 0.632. The highest BCUT2D eigenvalue weighted by atomic mass is 16.5. The highest BCUT2D eigenvalue weighted by Crippen LogP contribution is 2.34. The smallest absolute Gasteiger partial charge is 0.160 e. The van der Waals surface area contributed by atoms with E-state index < -0.39 is 0 Å². The van der Waals surface area contributed by atoms with Crippen molar-refractivity contribution in [2.45, 2.75) is 44.6 Å². The molecule has 0 spiro atoms. The van der Waals surface area contributed by atoms with Gasteiger partial charge in [-0.05, 0) is 37.0 Å². The van der Waals surface area contributed by atoms with Crippen molar-refractivity contribution in [2.75, 3.05) is 27.3 Å². The number of Topliss-reactive ketones (excluding diaryl/α,β-unsaturated/α-hetero) is 1. The van der Waals surface area contributed by atoms with Crippen molar-refractivity contribution in [3.05, 3.63) is 23.8 Å². The number of ether oxygens (including phenoxy) is 2. The third kappa shape index (κ3) is 3.52. The van der Waals surface area contributed by atoms with Crippen molar-refractivity contribution in [1.29, 1.82) is 0 Å². The van der Waals surface area contributed by atoms with E-state index in [1.54, 1.807) is 14.2 Å². The molecule has 0 bridgehead atoms. The Kier molecular flexibility index (Phi) is 5.21. The van der Waals surface area contributed by atoms with Gasteiger partial charge in [0, 0.05) is 31.5 Å². The minimum absolute atomic E-state index is 0.294. The maximum Gasteiger partial charge on any atom is 0.160 e. The van der Waals surface area contributed by atoms with Crippen LogP contribution < -0.4 is 9.47 Å². The molecule has 0 radical (unpaired) electrons. The fourth-order valence-electron chi connectivity index (χ4n) is 4.12. The Labute approximate surface area is 138 Å². The molecule has 1 aliphatic carbocycles. The summed E-state index contributed by atoms with van der Waals surface area (Å²) in [6.07, 6.45) is 6.47. The lowest BCUT2D eigenvalue weighted by Gasteiger charge is -2.43. The van der Waals surface area contributed by atoms with Crippen LogP contribution in [0.3, 0.4) is 0 Å². The van der Waals surface area contributed by atoms with Crippen LogP contribution in [0.4, 0.5) is 0 Å². The van der Waals surface area contributed by atoms with Crippen LogP contribution in [0.5, 0.6) is 11.5 Å². The molecule has 1 aromatic rings. The van der Waals surface area contributed by atoms with E-state index in [1.165, 1.54) is 24.8 Å². The molecule has 23 heavy (non-hydrogen) atoms. The summed E-state index contributed by atoms with van der Waals surface area (Å²) >= 11 is 0. The van der Waals surface area contributed by atoms with E-state index in [0.717, 1.165) is 43.9 Å². The van der Waals surface area contributed by atoms with E-state index in [-0.39, 0.29) is 0 Å². The number of methoxy groups -OCH3 is 2. The lowest BCUT2D eigenvalue weighted by molar-refractivity contribution is -0.130. The maximum atomic E-state index is 12.1. The van der Waals surface area contributed by atoms with Crippen LogP contribution in [0.25, 0.3) is 0 Å². The number of benzene rings is 1. The van der Waals surface area contributed by atoms with Crippen molar-refractivity contribution in [1.82, 2.24) is 4.90 Å². The van der Waals surface area contributed by atoms with E-state index in [4.69, 9.17) is 9.47 Å². The zero-order chi connectivity index (χ0) is 16.2. The first-order valence-electron chi connectivity index (χ1n) is 8.70. The van der Waals surface area contributed by atoms with Crippen molar-refractivity contribution in [2.24, 2.45) is 5.92 Å². The molecule has 2 aliphatic rings. The van der Waals surface area contributed by atoms with E-state index in [0.29, 0.717) is 17.7 Å². The molecule has 1 aromatic carbocycles. The second kappa shape index (κ2) is 7.35. The lowest BCUT2D eigenvalue weighted by atomic mass is 9.77. The lowest BCUT2D eigenvalue weighted by Crippen LogP contribution is -2.51. The van der Waals surface area contributed by atoms with Gasteiger partial charge in [-0.2, -0.15) is 0 Å². The van der Waals surface area contributed by atoms with Gasteiger partial charge >= 0.3 is 0 Å². The highest BCUT2D eigenvalue weighted by Gasteiger charge is 2.37. The van der Waals surface area contributed by atoms with Gasteiger partial charge in [-0.25, -0.2) is 0 Å². The Bertz CT molecular complexity index is 558. The van der Waals surface area contributed by atoms with Gasteiger partial charge in [0.05, 0.1) is 14.2 Å². The molecule has 4 heteroatoms. The van der Waals surface area contributed by atoms with Crippen LogP contribution in [0.15, 0.2) is 18.2 Å². The first kappa shape index (κ1) is 16.3. The van der Waals surface area contributed by atoms with Crippen molar-refractivity contribution in [3.63, 3.8) is 0 Å². The summed E-state index contributed by atoms with van der Waals surface area (Å²) in [5, 5.41) is 0. The van der Waals surface area contributed by atoms with Crippen LogP contribution in [0.1, 0.15) is 37.7 Å². The highest BCUT2D eigenvalue weighted by molar-refractivity contribution is 5.82. The Morgan fingerprint density at radius 2 is 1.91 bits per heavy atom. The summed E-state index contributed by atoms with van der Waals surface area (Å²) in [4.78, 5) is 14.7. The van der Waals surface area contributed by atoms with Gasteiger partial charge < -0.3 is 9.47 Å². The average Bonchev–Trinajstić information content (AvgIpc) is 2.61. The molecule has 0 N–H and O–H groups in total. The van der Waals surface area contributed by atoms with Gasteiger partial charge in [0.1, 0.15) is 5.78 Å². The largest absolute Gasteiger partial charge is 0.493 e. The van der Waals surface area contributed by atoms with Crippen molar-refractivity contribution >= 4 is 5.78 Å². The first-order chi connectivity index (χ1) is 11.2. The summed E-state index contributed by atoms with van der Waals surface area (Å²) in [7, 11) is 3.33. The van der Waals surface area contributed by atoms with Crippen LogP contribution in [-0.2, 0) is 11.2 Å². The van der Waals surface area contributed by atoms with Crippen molar-refractivity contribution in [3.8, 4) is 11.5 Å². The number of likely N-dealkylation sites (tertiary alicyclic amines) is 1. The fourth-order valence-corrected chi connectivity index (χ4v) is 4.12. The van der Waals surface area contributed by atoms with Crippen LogP contribution in [0, 0.1) is 5.92 Å². The Morgan fingerprint density at radius 1 is 1.13 bits per heavy atom. The zero-order valence-electron chi connectivity index (χ0n) is 14.2. The van der Waals surface area contributed by atoms with Gasteiger partial charge in [-0.3, -0.25) is 9.69 Å². The van der Waals surface area contributed by atoms with Crippen molar-refractivity contribution < 1.29 is 14.3 Å². The van der Waals surface area contributed by atoms with Gasteiger partial charge in [-0.15, -0.1) is 0 Å². The average molecular weight is 317 g/mol. The normalized spacial score (nSPS) is 25.0. The number of hydrogen-bond acceptors (Lipinski definition) is 4. The van der Waals surface area contributed by atoms with E-state index in [1.807, 2.05) is 6.07 Å². The number of piperidine rings is 1. The summed E-state index contributed by atoms with van der Waals surface area (Å²) in [6.45, 7) is 1.94. The number of carbonyl (C=O) groups is 1. The molecule has 1 saturated carbocycles. The Morgan fingerprint density at radius 3 is 2.70 bits per heavy atom. The number of rotatable bonds is 5. The molecular formula is C19H27NO3. The number of ketones is 1. The predicted octanol–water partition coefficient (Wildman–Crippen LogP) is 3.08. The zero-order valence-corrected chi connectivity index (χ0v) is 14.2. The van der Waals surface area contributed by atoms with Gasteiger partial charge in [0.2, 0.25) is 0 Å². The van der Waals surface area contributed by atoms with Crippen LogP contribution in [-0.4, -0.2) is 44.0 Å². The number of hydrogen-bond donors (Lipinski definition) is 0. The van der Waals surface area contributed by atoms with Crippen LogP contribution >= 0.6 is 0 Å². The number of nitrogens with zero attached hydrogens (tertiary/aromatic N) is 1. The topological polar surface area (TPSA) is 38.8 Å². The summed E-state index contributed by atoms with van der Waals surface area (Å²) < 4.78 is 10.7. The Hall–Kier alpha value is -1.55. The molecule has 2 atom stereocenters. The molecule has 126 valence electrons. The quantitative estimate of drug-likeness (QED) is 0.836. The summed E-state index contributed by atoms with van der Waals surface area (Å²) in [6, 6.07) is 6.61. The standard InChI is InChI=1S/C19H27NO3/c1-22-18-8-7-14(13-19(18)23-2)9-11-20-12-10-17(21)15-5-3-4-6-16(15)20/h7-8,13,15-16H,3-6,9-12H2,1-2H3/t15-,16+/m0/s1. The number of carbonyl (C=O) groups excluding carboxylic acids is 1. The first-order valence-corrected chi connectivity index (χ1v) is 8.70. The molecule has 1 heterocycles. The predicted molar refractivity (Wildman–Crippen MR) is 90.2 cm³/mol. The third-order valence-corrected chi connectivity index (χ3v) is 5.39. The van der Waals surface area contributed by atoms with Gasteiger partial charge in [0.15, 0.2) is 11.5 Å². The molecule has 0 aromatic heterocycles. The molecule has 1 saturated heterocycles. The SMILES string of the molecule is COc1ccc(CCN2CCC(=O)[C@H]3CCCC[C@H]32)cc1OC. The summed E-state index contributed by atoms with van der Waals surface area (Å²) in [5.41, 5.74) is 1.26. The minimum atomic E-state index is 0.294. The second-order valence-electron chi connectivity index (χ2n) is 6.65. The van der Waals surface area contributed by atoms with E-state index >= 15 is 0 Å². The van der Waals surface area contributed by atoms with Crippen LogP contribution in [0.2, 0.25) is 0 Å². The monoisotopic (exact) mass is 317 g/mol. The molecule has 2 fully saturated rings. The molecule has 4 nitrogen and oxygen atoms in total. The molecule has 0 amide bonds. The van der Waals surface area contributed by atoms with Gasteiger partial charge in [0.25, 0.3) is 0 Å². The minimum Gasteiger partial charge on any atom is -0.493 e. The van der Waals surface area contributed by atoms with E-state index in [9.17, 15) is 4.79 Å². The second-order valence-corrected chi connectivity index (χ2v) is 6.65. The Balaban J connectivity index is 1.64. The molecule has 3 rings (SSSR count). The molecule has 1 aliphatic heterocycles. The third-order valence-electron chi connectivity index (χ3n) is 5.39. The maximum absolute atomic E-state index is 12.1. The number of fused-ring (bicyclic) bond motifs is 1. The molecule has 0 unspecified atom stereocenters. The summed E-state index contributed by atoms with van der Waals surface area (Å²) in [5.74, 6) is 2.35. The van der Waals surface area contributed by atoms with Gasteiger partial charge in [-0.1, -0.05) is 18.9 Å².